The summed E-state index contributed by atoms with van der Waals surface area (Å²) < 4.78 is 6.09. The lowest BCUT2D eigenvalue weighted by molar-refractivity contribution is -0.0878. The summed E-state index contributed by atoms with van der Waals surface area (Å²) >= 11 is 0. The highest BCUT2D eigenvalue weighted by Gasteiger charge is 2.39. The monoisotopic (exact) mass is 206 g/mol. The highest BCUT2D eigenvalue weighted by molar-refractivity contribution is 5.04. The van der Waals surface area contributed by atoms with Gasteiger partial charge in [0.1, 0.15) is 0 Å². The van der Waals surface area contributed by atoms with Gasteiger partial charge in [-0.15, -0.1) is 6.58 Å². The van der Waals surface area contributed by atoms with E-state index < -0.39 is 0 Å². The molecule has 2 aliphatic rings. The second-order valence-electron chi connectivity index (χ2n) is 4.88. The lowest BCUT2D eigenvalue weighted by atomic mass is 9.73. The molecule has 1 heterocycles. The Morgan fingerprint density at radius 1 is 1.27 bits per heavy atom. The Balaban J connectivity index is 2.09. The Hall–Kier alpha value is -0.560. The average Bonchev–Trinajstić information content (AvgIpc) is 2.32. The molecular weight excluding hydrogens is 184 g/mol. The highest BCUT2D eigenvalue weighted by Crippen LogP contribution is 2.41. The molecule has 0 unspecified atom stereocenters. The standard InChI is InChI=1S/C14H22O/c1-2-10-14(11-6-7-12-15-14)13-8-4-3-5-9-13/h2,6-7,13H,1,3-5,8-12H2/t14-/m1/s1. The van der Waals surface area contributed by atoms with Crippen molar-refractivity contribution in [3.63, 3.8) is 0 Å². The highest BCUT2D eigenvalue weighted by atomic mass is 16.5. The van der Waals surface area contributed by atoms with Crippen molar-refractivity contribution < 1.29 is 4.74 Å². The van der Waals surface area contributed by atoms with Gasteiger partial charge in [-0.2, -0.15) is 0 Å². The fourth-order valence-corrected chi connectivity index (χ4v) is 3.09. The van der Waals surface area contributed by atoms with E-state index in [1.165, 1.54) is 32.1 Å². The minimum Gasteiger partial charge on any atom is -0.370 e. The van der Waals surface area contributed by atoms with E-state index in [1.54, 1.807) is 0 Å². The molecular formula is C14H22O. The van der Waals surface area contributed by atoms with Gasteiger partial charge in [0, 0.05) is 0 Å². The summed E-state index contributed by atoms with van der Waals surface area (Å²) in [6.07, 6.45) is 15.5. The SMILES string of the molecule is C=CC[C@]1(C2CCCCC2)CC=CCO1. The summed E-state index contributed by atoms with van der Waals surface area (Å²) in [5.41, 5.74) is 0.0942. The van der Waals surface area contributed by atoms with Crippen molar-refractivity contribution in [1.29, 1.82) is 0 Å². The molecule has 0 aromatic carbocycles. The van der Waals surface area contributed by atoms with Gasteiger partial charge in [0.15, 0.2) is 0 Å². The van der Waals surface area contributed by atoms with Gasteiger partial charge in [0.05, 0.1) is 12.2 Å². The van der Waals surface area contributed by atoms with E-state index in [0.717, 1.165) is 25.4 Å². The van der Waals surface area contributed by atoms with Crippen molar-refractivity contribution in [2.45, 2.75) is 50.5 Å². The van der Waals surface area contributed by atoms with Crippen LogP contribution in [0.1, 0.15) is 44.9 Å². The molecule has 1 aliphatic carbocycles. The zero-order chi connectivity index (χ0) is 10.6. The third-order valence-electron chi connectivity index (χ3n) is 3.94. The molecule has 1 heteroatoms. The first-order valence-electron chi connectivity index (χ1n) is 6.27. The van der Waals surface area contributed by atoms with Crippen LogP contribution in [0.25, 0.3) is 0 Å². The molecule has 0 bridgehead atoms. The van der Waals surface area contributed by atoms with E-state index >= 15 is 0 Å². The van der Waals surface area contributed by atoms with Crippen molar-refractivity contribution in [2.24, 2.45) is 5.92 Å². The maximum atomic E-state index is 6.09. The predicted octanol–water partition coefficient (Wildman–Crippen LogP) is 3.86. The Morgan fingerprint density at radius 2 is 2.07 bits per heavy atom. The number of ether oxygens (including phenoxy) is 1. The van der Waals surface area contributed by atoms with Crippen LogP contribution in [-0.2, 0) is 4.74 Å². The van der Waals surface area contributed by atoms with Crippen LogP contribution < -0.4 is 0 Å². The van der Waals surface area contributed by atoms with Crippen LogP contribution >= 0.6 is 0 Å². The fraction of sp³-hybridized carbons (Fsp3) is 0.714. The average molecular weight is 206 g/mol. The van der Waals surface area contributed by atoms with E-state index in [0.29, 0.717) is 0 Å². The maximum absolute atomic E-state index is 6.09. The Morgan fingerprint density at radius 3 is 2.67 bits per heavy atom. The summed E-state index contributed by atoms with van der Waals surface area (Å²) in [6, 6.07) is 0. The van der Waals surface area contributed by atoms with Gasteiger partial charge in [-0.3, -0.25) is 0 Å². The van der Waals surface area contributed by atoms with Crippen molar-refractivity contribution in [3.05, 3.63) is 24.8 Å². The fourth-order valence-electron chi connectivity index (χ4n) is 3.09. The second-order valence-corrected chi connectivity index (χ2v) is 4.88. The molecule has 1 nitrogen and oxygen atoms in total. The molecule has 0 aromatic heterocycles. The molecule has 0 aromatic rings. The summed E-state index contributed by atoms with van der Waals surface area (Å²) in [6.45, 7) is 4.69. The van der Waals surface area contributed by atoms with E-state index in [-0.39, 0.29) is 5.60 Å². The first-order valence-corrected chi connectivity index (χ1v) is 6.27. The first kappa shape index (κ1) is 10.9. The van der Waals surface area contributed by atoms with E-state index in [9.17, 15) is 0 Å². The second kappa shape index (κ2) is 4.98. The summed E-state index contributed by atoms with van der Waals surface area (Å²) in [5, 5.41) is 0. The third kappa shape index (κ3) is 2.34. The van der Waals surface area contributed by atoms with Gasteiger partial charge < -0.3 is 4.74 Å². The molecule has 1 atom stereocenters. The quantitative estimate of drug-likeness (QED) is 0.637. The van der Waals surface area contributed by atoms with Gasteiger partial charge in [0.2, 0.25) is 0 Å². The van der Waals surface area contributed by atoms with Crippen LogP contribution in [-0.4, -0.2) is 12.2 Å². The summed E-state index contributed by atoms with van der Waals surface area (Å²) in [7, 11) is 0. The van der Waals surface area contributed by atoms with Gasteiger partial charge in [-0.25, -0.2) is 0 Å². The molecule has 1 fully saturated rings. The largest absolute Gasteiger partial charge is 0.370 e. The van der Waals surface area contributed by atoms with Crippen molar-refractivity contribution in [1.82, 2.24) is 0 Å². The molecule has 84 valence electrons. The maximum Gasteiger partial charge on any atom is 0.0783 e. The van der Waals surface area contributed by atoms with E-state index in [1.807, 2.05) is 6.08 Å². The molecule has 0 saturated heterocycles. The Labute approximate surface area is 93.2 Å². The zero-order valence-electron chi connectivity index (χ0n) is 9.58. The molecule has 0 amide bonds. The first-order chi connectivity index (χ1) is 7.37. The molecule has 0 spiro atoms. The van der Waals surface area contributed by atoms with Crippen molar-refractivity contribution >= 4 is 0 Å². The smallest absolute Gasteiger partial charge is 0.0783 e. The Kier molecular flexibility index (Phi) is 3.63. The lowest BCUT2D eigenvalue weighted by Gasteiger charge is -2.43. The molecule has 0 radical (unpaired) electrons. The molecule has 15 heavy (non-hydrogen) atoms. The zero-order valence-corrected chi connectivity index (χ0v) is 9.58. The minimum absolute atomic E-state index is 0.0942. The van der Waals surface area contributed by atoms with Crippen LogP contribution in [0.3, 0.4) is 0 Å². The van der Waals surface area contributed by atoms with Gasteiger partial charge in [-0.05, 0) is 31.6 Å². The van der Waals surface area contributed by atoms with Gasteiger partial charge >= 0.3 is 0 Å². The topological polar surface area (TPSA) is 9.23 Å². The lowest BCUT2D eigenvalue weighted by Crippen LogP contribution is -2.42. The molecule has 2 rings (SSSR count). The third-order valence-corrected chi connectivity index (χ3v) is 3.94. The van der Waals surface area contributed by atoms with Crippen LogP contribution in [0.5, 0.6) is 0 Å². The van der Waals surface area contributed by atoms with Crippen molar-refractivity contribution in [3.8, 4) is 0 Å². The molecule has 0 N–H and O–H groups in total. The molecule has 1 aliphatic heterocycles. The van der Waals surface area contributed by atoms with Crippen LogP contribution in [0.2, 0.25) is 0 Å². The minimum atomic E-state index is 0.0942. The molecule has 1 saturated carbocycles. The predicted molar refractivity (Wildman–Crippen MR) is 63.8 cm³/mol. The number of hydrogen-bond donors (Lipinski definition) is 0. The van der Waals surface area contributed by atoms with Crippen LogP contribution in [0, 0.1) is 5.92 Å². The van der Waals surface area contributed by atoms with E-state index in [4.69, 9.17) is 4.74 Å². The van der Waals surface area contributed by atoms with Crippen LogP contribution in [0.4, 0.5) is 0 Å². The number of rotatable bonds is 3. The summed E-state index contributed by atoms with van der Waals surface area (Å²) in [4.78, 5) is 0. The number of hydrogen-bond acceptors (Lipinski definition) is 1. The van der Waals surface area contributed by atoms with Gasteiger partial charge in [0.25, 0.3) is 0 Å². The van der Waals surface area contributed by atoms with Gasteiger partial charge in [-0.1, -0.05) is 37.5 Å². The normalized spacial score (nSPS) is 32.8. The van der Waals surface area contributed by atoms with E-state index in [2.05, 4.69) is 18.7 Å². The Bertz CT molecular complexity index is 238. The summed E-state index contributed by atoms with van der Waals surface area (Å²) in [5.74, 6) is 0.759. The van der Waals surface area contributed by atoms with Crippen molar-refractivity contribution in [2.75, 3.05) is 6.61 Å². The van der Waals surface area contributed by atoms with Crippen LogP contribution in [0.15, 0.2) is 24.8 Å².